The molecule has 2 nitrogen and oxygen atoms in total. The standard InChI is InChI=1S/C18H32N2/c1-13(2)15-8-9-17(16(12-15)14(3)4)19-10-11-20-18(5,6)7/h8-9,12-14,19-20H,10-11H2,1-7H3. The lowest BCUT2D eigenvalue weighted by Gasteiger charge is -2.22. The van der Waals surface area contributed by atoms with Gasteiger partial charge in [0, 0.05) is 24.3 Å². The molecular formula is C18H32N2. The van der Waals surface area contributed by atoms with Crippen LogP contribution >= 0.6 is 0 Å². The van der Waals surface area contributed by atoms with Crippen LogP contribution in [0.3, 0.4) is 0 Å². The molecule has 0 saturated carbocycles. The molecule has 0 aliphatic carbocycles. The van der Waals surface area contributed by atoms with Crippen LogP contribution in [0.2, 0.25) is 0 Å². The molecule has 0 aliphatic rings. The van der Waals surface area contributed by atoms with Gasteiger partial charge in [-0.3, -0.25) is 0 Å². The summed E-state index contributed by atoms with van der Waals surface area (Å²) in [5, 5.41) is 7.08. The smallest absolute Gasteiger partial charge is 0.0375 e. The summed E-state index contributed by atoms with van der Waals surface area (Å²) in [4.78, 5) is 0. The van der Waals surface area contributed by atoms with Gasteiger partial charge in [-0.25, -0.2) is 0 Å². The molecule has 1 rings (SSSR count). The monoisotopic (exact) mass is 276 g/mol. The summed E-state index contributed by atoms with van der Waals surface area (Å²) in [7, 11) is 0. The summed E-state index contributed by atoms with van der Waals surface area (Å²) < 4.78 is 0. The van der Waals surface area contributed by atoms with Crippen molar-refractivity contribution in [2.75, 3.05) is 18.4 Å². The van der Waals surface area contributed by atoms with E-state index in [1.165, 1.54) is 16.8 Å². The fourth-order valence-electron chi connectivity index (χ4n) is 2.21. The van der Waals surface area contributed by atoms with E-state index in [1.54, 1.807) is 0 Å². The van der Waals surface area contributed by atoms with Gasteiger partial charge in [-0.1, -0.05) is 39.8 Å². The molecule has 1 aromatic carbocycles. The first kappa shape index (κ1) is 17.0. The highest BCUT2D eigenvalue weighted by Gasteiger charge is 2.10. The van der Waals surface area contributed by atoms with Gasteiger partial charge < -0.3 is 10.6 Å². The molecule has 0 amide bonds. The molecule has 0 aromatic heterocycles. The lowest BCUT2D eigenvalue weighted by molar-refractivity contribution is 0.435. The maximum Gasteiger partial charge on any atom is 0.0375 e. The second-order valence-corrected chi connectivity index (χ2v) is 7.26. The number of anilines is 1. The molecule has 0 unspecified atom stereocenters. The second-order valence-electron chi connectivity index (χ2n) is 7.26. The minimum atomic E-state index is 0.185. The first-order chi connectivity index (χ1) is 9.20. The van der Waals surface area contributed by atoms with Gasteiger partial charge in [0.05, 0.1) is 0 Å². The van der Waals surface area contributed by atoms with Crippen molar-refractivity contribution < 1.29 is 0 Å². The Morgan fingerprint density at radius 3 is 2.10 bits per heavy atom. The molecule has 2 heteroatoms. The number of benzene rings is 1. The number of hydrogen-bond donors (Lipinski definition) is 2. The third-order valence-corrected chi connectivity index (χ3v) is 3.46. The Kier molecular flexibility index (Phi) is 6.07. The van der Waals surface area contributed by atoms with Crippen LogP contribution in [-0.2, 0) is 0 Å². The maximum absolute atomic E-state index is 3.57. The highest BCUT2D eigenvalue weighted by Crippen LogP contribution is 2.28. The highest BCUT2D eigenvalue weighted by molar-refractivity contribution is 5.54. The minimum Gasteiger partial charge on any atom is -0.384 e. The van der Waals surface area contributed by atoms with E-state index in [4.69, 9.17) is 0 Å². The molecule has 0 saturated heterocycles. The van der Waals surface area contributed by atoms with Crippen LogP contribution in [-0.4, -0.2) is 18.6 Å². The van der Waals surface area contributed by atoms with Crippen LogP contribution in [0, 0.1) is 0 Å². The van der Waals surface area contributed by atoms with Gasteiger partial charge in [0.15, 0.2) is 0 Å². The Bertz CT molecular complexity index is 414. The molecule has 0 heterocycles. The van der Waals surface area contributed by atoms with Gasteiger partial charge in [-0.15, -0.1) is 0 Å². The van der Waals surface area contributed by atoms with Gasteiger partial charge in [0.25, 0.3) is 0 Å². The van der Waals surface area contributed by atoms with Crippen LogP contribution in [0.25, 0.3) is 0 Å². The average molecular weight is 276 g/mol. The van der Waals surface area contributed by atoms with Crippen molar-refractivity contribution in [3.63, 3.8) is 0 Å². The van der Waals surface area contributed by atoms with Crippen LogP contribution in [0.15, 0.2) is 18.2 Å². The summed E-state index contributed by atoms with van der Waals surface area (Å²) >= 11 is 0. The maximum atomic E-state index is 3.57. The predicted molar refractivity (Wildman–Crippen MR) is 90.9 cm³/mol. The summed E-state index contributed by atoms with van der Waals surface area (Å²) in [6.45, 7) is 17.6. The van der Waals surface area contributed by atoms with Gasteiger partial charge in [-0.05, 0) is 49.8 Å². The van der Waals surface area contributed by atoms with Crippen LogP contribution in [0.5, 0.6) is 0 Å². The number of nitrogens with one attached hydrogen (secondary N) is 2. The molecule has 0 bridgehead atoms. The van der Waals surface area contributed by atoms with Gasteiger partial charge in [0.2, 0.25) is 0 Å². The fourth-order valence-corrected chi connectivity index (χ4v) is 2.21. The zero-order valence-corrected chi connectivity index (χ0v) is 14.3. The van der Waals surface area contributed by atoms with Gasteiger partial charge >= 0.3 is 0 Å². The lowest BCUT2D eigenvalue weighted by Crippen LogP contribution is -2.38. The van der Waals surface area contributed by atoms with E-state index >= 15 is 0 Å². The summed E-state index contributed by atoms with van der Waals surface area (Å²) in [6.07, 6.45) is 0. The third-order valence-electron chi connectivity index (χ3n) is 3.46. The summed E-state index contributed by atoms with van der Waals surface area (Å²) in [5.74, 6) is 1.14. The fraction of sp³-hybridized carbons (Fsp3) is 0.667. The van der Waals surface area contributed by atoms with E-state index in [1.807, 2.05) is 0 Å². The zero-order valence-electron chi connectivity index (χ0n) is 14.3. The largest absolute Gasteiger partial charge is 0.384 e. The normalized spacial score (nSPS) is 12.2. The van der Waals surface area contributed by atoms with Gasteiger partial charge in [0.1, 0.15) is 0 Å². The Hall–Kier alpha value is -1.02. The van der Waals surface area contributed by atoms with Crippen molar-refractivity contribution >= 4 is 5.69 Å². The van der Waals surface area contributed by atoms with E-state index < -0.39 is 0 Å². The predicted octanol–water partition coefficient (Wildman–Crippen LogP) is 4.73. The topological polar surface area (TPSA) is 24.1 Å². The molecule has 20 heavy (non-hydrogen) atoms. The van der Waals surface area contributed by atoms with Crippen molar-refractivity contribution in [1.29, 1.82) is 0 Å². The SMILES string of the molecule is CC(C)c1ccc(NCCNC(C)(C)C)c(C(C)C)c1. The minimum absolute atomic E-state index is 0.185. The van der Waals surface area contributed by atoms with Gasteiger partial charge in [-0.2, -0.15) is 0 Å². The van der Waals surface area contributed by atoms with Crippen molar-refractivity contribution in [1.82, 2.24) is 5.32 Å². The van der Waals surface area contributed by atoms with E-state index in [-0.39, 0.29) is 5.54 Å². The van der Waals surface area contributed by atoms with E-state index in [0.29, 0.717) is 11.8 Å². The molecule has 0 fully saturated rings. The van der Waals surface area contributed by atoms with Crippen molar-refractivity contribution in [2.45, 2.75) is 65.8 Å². The lowest BCUT2D eigenvalue weighted by atomic mass is 9.94. The molecule has 0 aliphatic heterocycles. The molecule has 1 aromatic rings. The average Bonchev–Trinajstić information content (AvgIpc) is 2.33. The Morgan fingerprint density at radius 2 is 1.60 bits per heavy atom. The van der Waals surface area contributed by atoms with Crippen LogP contribution in [0.4, 0.5) is 5.69 Å². The van der Waals surface area contributed by atoms with Crippen molar-refractivity contribution in [3.05, 3.63) is 29.3 Å². The summed E-state index contributed by atoms with van der Waals surface area (Å²) in [6, 6.07) is 6.84. The molecule has 2 N–H and O–H groups in total. The first-order valence-corrected chi connectivity index (χ1v) is 7.83. The molecule has 0 radical (unpaired) electrons. The Labute approximate surface area is 125 Å². The molecular weight excluding hydrogens is 244 g/mol. The molecule has 0 atom stereocenters. The summed E-state index contributed by atoms with van der Waals surface area (Å²) in [5.41, 5.74) is 4.31. The van der Waals surface area contributed by atoms with E-state index in [9.17, 15) is 0 Å². The van der Waals surface area contributed by atoms with Crippen molar-refractivity contribution in [2.24, 2.45) is 0 Å². The van der Waals surface area contributed by atoms with E-state index in [2.05, 4.69) is 77.3 Å². The first-order valence-electron chi connectivity index (χ1n) is 7.83. The number of hydrogen-bond acceptors (Lipinski definition) is 2. The number of rotatable bonds is 6. The Balaban J connectivity index is 2.69. The van der Waals surface area contributed by atoms with Crippen molar-refractivity contribution in [3.8, 4) is 0 Å². The zero-order chi connectivity index (χ0) is 15.3. The second kappa shape index (κ2) is 7.12. The molecule has 114 valence electrons. The van der Waals surface area contributed by atoms with Crippen LogP contribution in [0.1, 0.15) is 71.4 Å². The quantitative estimate of drug-likeness (QED) is 0.734. The van der Waals surface area contributed by atoms with Crippen LogP contribution < -0.4 is 10.6 Å². The Morgan fingerprint density at radius 1 is 0.950 bits per heavy atom. The highest BCUT2D eigenvalue weighted by atomic mass is 15.0. The molecule has 0 spiro atoms. The van der Waals surface area contributed by atoms with E-state index in [0.717, 1.165) is 13.1 Å². The third kappa shape index (κ3) is 5.54.